The number of carbonyl (C=O) groups is 1. The molecule has 0 bridgehead atoms. The summed E-state index contributed by atoms with van der Waals surface area (Å²) in [7, 11) is 0. The third kappa shape index (κ3) is 4.28. The molecule has 0 aliphatic heterocycles. The third-order valence-corrected chi connectivity index (χ3v) is 3.14. The molecule has 5 nitrogen and oxygen atoms in total. The first-order valence-corrected chi connectivity index (χ1v) is 6.76. The summed E-state index contributed by atoms with van der Waals surface area (Å²) in [6.45, 7) is 2.08. The largest absolute Gasteiger partial charge is 0.382 e. The number of benzene rings is 1. The van der Waals surface area contributed by atoms with E-state index in [9.17, 15) is 4.79 Å². The molecule has 1 aromatic carbocycles. The van der Waals surface area contributed by atoms with Crippen LogP contribution in [0.2, 0.25) is 5.02 Å². The Morgan fingerprint density at radius 3 is 2.90 bits per heavy atom. The first-order valence-electron chi connectivity index (χ1n) is 6.39. The first kappa shape index (κ1) is 14.4. The van der Waals surface area contributed by atoms with E-state index in [0.717, 1.165) is 11.5 Å². The number of para-hydroxylation sites is 1. The highest BCUT2D eigenvalue weighted by molar-refractivity contribution is 6.33. The predicted molar refractivity (Wildman–Crippen MR) is 79.8 cm³/mol. The Bertz CT molecular complexity index is 556. The van der Waals surface area contributed by atoms with Gasteiger partial charge in [0.25, 0.3) is 0 Å². The van der Waals surface area contributed by atoms with E-state index in [1.165, 1.54) is 6.92 Å². The smallest absolute Gasteiger partial charge is 0.217 e. The zero-order valence-corrected chi connectivity index (χ0v) is 11.9. The Kier molecular flexibility index (Phi) is 5.01. The summed E-state index contributed by atoms with van der Waals surface area (Å²) in [5.74, 6) is 0.771. The second-order valence-electron chi connectivity index (χ2n) is 4.50. The van der Waals surface area contributed by atoms with Crippen LogP contribution in [0, 0.1) is 0 Å². The van der Waals surface area contributed by atoms with Crippen molar-refractivity contribution in [3.05, 3.63) is 47.5 Å². The van der Waals surface area contributed by atoms with E-state index in [-0.39, 0.29) is 11.9 Å². The maximum Gasteiger partial charge on any atom is 0.217 e. The number of carbonyl (C=O) groups excluding carboxylic acids is 1. The Hall–Kier alpha value is -2.01. The molecule has 20 heavy (non-hydrogen) atoms. The summed E-state index contributed by atoms with van der Waals surface area (Å²) in [5, 5.41) is 6.81. The van der Waals surface area contributed by atoms with Crippen LogP contribution in [0.15, 0.2) is 36.7 Å². The molecule has 0 aliphatic carbocycles. The maximum atomic E-state index is 11.3. The Labute approximate surface area is 122 Å². The average molecular weight is 293 g/mol. The molecule has 0 fully saturated rings. The highest BCUT2D eigenvalue weighted by Crippen LogP contribution is 2.20. The lowest BCUT2D eigenvalue weighted by Crippen LogP contribution is -2.40. The molecule has 3 N–H and O–H groups in total. The number of halogens is 1. The number of H-pyrrole nitrogens is 1. The summed E-state index contributed by atoms with van der Waals surface area (Å²) in [6, 6.07) is 7.45. The molecule has 106 valence electrons. The van der Waals surface area contributed by atoms with Gasteiger partial charge in [0, 0.05) is 32.3 Å². The number of aromatic amines is 1. The second kappa shape index (κ2) is 6.96. The van der Waals surface area contributed by atoms with E-state index < -0.39 is 0 Å². The van der Waals surface area contributed by atoms with Crippen LogP contribution in [-0.4, -0.2) is 28.5 Å². The molecule has 0 saturated carbocycles. The molecule has 0 radical (unpaired) electrons. The molecular formula is C14H17ClN4O. The topological polar surface area (TPSA) is 69.8 Å². The van der Waals surface area contributed by atoms with Crippen LogP contribution >= 0.6 is 11.6 Å². The summed E-state index contributed by atoms with van der Waals surface area (Å²) in [5.41, 5.74) is 0.851. The zero-order chi connectivity index (χ0) is 14.4. The van der Waals surface area contributed by atoms with E-state index >= 15 is 0 Å². The summed E-state index contributed by atoms with van der Waals surface area (Å²) in [6.07, 6.45) is 4.09. The molecule has 1 aromatic heterocycles. The van der Waals surface area contributed by atoms with Gasteiger partial charge in [-0.15, -0.1) is 0 Å². The van der Waals surface area contributed by atoms with Crippen molar-refractivity contribution in [1.29, 1.82) is 0 Å². The number of amides is 1. The van der Waals surface area contributed by atoms with Crippen LogP contribution in [0.1, 0.15) is 12.7 Å². The fourth-order valence-electron chi connectivity index (χ4n) is 1.94. The molecule has 0 aliphatic rings. The fraction of sp³-hybridized carbons (Fsp3) is 0.286. The first-order chi connectivity index (χ1) is 9.65. The standard InChI is InChI=1S/C14H17ClN4O/c1-10(20)19-11(8-14-16-6-7-17-14)9-18-13-5-3-2-4-12(13)15/h2-7,11,18H,8-9H2,1H3,(H,16,17)(H,19,20). The Morgan fingerprint density at radius 2 is 2.25 bits per heavy atom. The summed E-state index contributed by atoms with van der Waals surface area (Å²) >= 11 is 6.09. The third-order valence-electron chi connectivity index (χ3n) is 2.81. The van der Waals surface area contributed by atoms with E-state index in [4.69, 9.17) is 11.6 Å². The van der Waals surface area contributed by atoms with Crippen molar-refractivity contribution in [2.45, 2.75) is 19.4 Å². The number of anilines is 1. The van der Waals surface area contributed by atoms with Crippen LogP contribution in [-0.2, 0) is 11.2 Å². The normalized spacial score (nSPS) is 11.9. The van der Waals surface area contributed by atoms with Crippen LogP contribution in [0.3, 0.4) is 0 Å². The van der Waals surface area contributed by atoms with Crippen molar-refractivity contribution in [1.82, 2.24) is 15.3 Å². The molecule has 0 spiro atoms. The van der Waals surface area contributed by atoms with Gasteiger partial charge in [-0.25, -0.2) is 4.98 Å². The van der Waals surface area contributed by atoms with Gasteiger partial charge < -0.3 is 15.6 Å². The molecule has 0 saturated heterocycles. The van der Waals surface area contributed by atoms with Gasteiger partial charge in [0.15, 0.2) is 0 Å². The highest BCUT2D eigenvalue weighted by atomic mass is 35.5. The lowest BCUT2D eigenvalue weighted by molar-refractivity contribution is -0.119. The van der Waals surface area contributed by atoms with Crippen molar-refractivity contribution >= 4 is 23.2 Å². The van der Waals surface area contributed by atoms with Crippen molar-refractivity contribution in [2.24, 2.45) is 0 Å². The van der Waals surface area contributed by atoms with Crippen LogP contribution in [0.4, 0.5) is 5.69 Å². The number of nitrogens with one attached hydrogen (secondary N) is 3. The SMILES string of the molecule is CC(=O)NC(CNc1ccccc1Cl)Cc1ncc[nH]1. The van der Waals surface area contributed by atoms with Gasteiger partial charge >= 0.3 is 0 Å². The van der Waals surface area contributed by atoms with Gasteiger partial charge in [-0.05, 0) is 12.1 Å². The number of rotatable bonds is 6. The minimum Gasteiger partial charge on any atom is -0.382 e. The summed E-state index contributed by atoms with van der Waals surface area (Å²) in [4.78, 5) is 18.5. The van der Waals surface area contributed by atoms with Crippen molar-refractivity contribution < 1.29 is 4.79 Å². The molecule has 1 heterocycles. The second-order valence-corrected chi connectivity index (χ2v) is 4.91. The van der Waals surface area contributed by atoms with E-state index in [1.54, 1.807) is 12.4 Å². The lowest BCUT2D eigenvalue weighted by atomic mass is 10.2. The summed E-state index contributed by atoms with van der Waals surface area (Å²) < 4.78 is 0. The van der Waals surface area contributed by atoms with E-state index in [0.29, 0.717) is 18.0 Å². The lowest BCUT2D eigenvalue weighted by Gasteiger charge is -2.18. The average Bonchev–Trinajstić information content (AvgIpc) is 2.90. The number of hydrogen-bond donors (Lipinski definition) is 3. The van der Waals surface area contributed by atoms with Crippen LogP contribution < -0.4 is 10.6 Å². The fourth-order valence-corrected chi connectivity index (χ4v) is 2.14. The van der Waals surface area contributed by atoms with Gasteiger partial charge in [0.2, 0.25) is 5.91 Å². The minimum absolute atomic E-state index is 0.0603. The number of imidazole rings is 1. The predicted octanol–water partition coefficient (Wildman–Crippen LogP) is 2.22. The molecule has 2 rings (SSSR count). The quantitative estimate of drug-likeness (QED) is 0.764. The number of nitrogens with zero attached hydrogens (tertiary/aromatic N) is 1. The van der Waals surface area contributed by atoms with Gasteiger partial charge in [-0.1, -0.05) is 23.7 Å². The maximum absolute atomic E-state index is 11.3. The molecule has 2 aromatic rings. The zero-order valence-electron chi connectivity index (χ0n) is 11.2. The van der Waals surface area contributed by atoms with E-state index in [1.807, 2.05) is 24.3 Å². The van der Waals surface area contributed by atoms with E-state index in [2.05, 4.69) is 20.6 Å². The molecule has 1 atom stereocenters. The number of aromatic nitrogens is 2. The van der Waals surface area contributed by atoms with Gasteiger partial charge in [0.1, 0.15) is 5.82 Å². The number of hydrogen-bond acceptors (Lipinski definition) is 3. The molecule has 6 heteroatoms. The highest BCUT2D eigenvalue weighted by Gasteiger charge is 2.12. The van der Waals surface area contributed by atoms with Crippen molar-refractivity contribution in [2.75, 3.05) is 11.9 Å². The van der Waals surface area contributed by atoms with Crippen LogP contribution in [0.5, 0.6) is 0 Å². The van der Waals surface area contributed by atoms with Crippen LogP contribution in [0.25, 0.3) is 0 Å². The van der Waals surface area contributed by atoms with Crippen molar-refractivity contribution in [3.63, 3.8) is 0 Å². The van der Waals surface area contributed by atoms with Gasteiger partial charge in [0.05, 0.1) is 16.8 Å². The Morgan fingerprint density at radius 1 is 1.45 bits per heavy atom. The monoisotopic (exact) mass is 292 g/mol. The Balaban J connectivity index is 1.97. The van der Waals surface area contributed by atoms with Gasteiger partial charge in [-0.3, -0.25) is 4.79 Å². The molecule has 1 amide bonds. The van der Waals surface area contributed by atoms with Crippen molar-refractivity contribution in [3.8, 4) is 0 Å². The minimum atomic E-state index is -0.0671. The molecular weight excluding hydrogens is 276 g/mol. The molecule has 1 unspecified atom stereocenters. The van der Waals surface area contributed by atoms with Gasteiger partial charge in [-0.2, -0.15) is 0 Å².